The fourth-order valence-corrected chi connectivity index (χ4v) is 1.92. The molecule has 0 bridgehead atoms. The number of hydrogen-bond acceptors (Lipinski definition) is 2. The second-order valence-electron chi connectivity index (χ2n) is 4.17. The SMILES string of the molecule is O=C(NCC1CCC1)c1cc(S)ccc1F. The number of nitrogens with one attached hydrogen (secondary N) is 1. The summed E-state index contributed by atoms with van der Waals surface area (Å²) in [5, 5.41) is 2.76. The lowest BCUT2D eigenvalue weighted by molar-refractivity contribution is 0.0935. The van der Waals surface area contributed by atoms with E-state index in [4.69, 9.17) is 0 Å². The van der Waals surface area contributed by atoms with Crippen molar-refractivity contribution in [1.82, 2.24) is 5.32 Å². The van der Waals surface area contributed by atoms with Gasteiger partial charge in [-0.15, -0.1) is 12.6 Å². The predicted molar refractivity (Wildman–Crippen MR) is 63.3 cm³/mol. The lowest BCUT2D eigenvalue weighted by atomic mass is 9.85. The van der Waals surface area contributed by atoms with Gasteiger partial charge < -0.3 is 5.32 Å². The first-order chi connectivity index (χ1) is 7.66. The quantitative estimate of drug-likeness (QED) is 0.780. The number of carbonyl (C=O) groups excluding carboxylic acids is 1. The molecule has 1 amide bonds. The molecular formula is C12H14FNOS. The second kappa shape index (κ2) is 4.87. The van der Waals surface area contributed by atoms with Gasteiger partial charge in [0.15, 0.2) is 0 Å². The normalized spacial score (nSPS) is 15.6. The average Bonchev–Trinajstić information content (AvgIpc) is 2.19. The lowest BCUT2D eigenvalue weighted by Crippen LogP contribution is -2.32. The Morgan fingerprint density at radius 2 is 2.25 bits per heavy atom. The molecule has 0 saturated heterocycles. The average molecular weight is 239 g/mol. The minimum Gasteiger partial charge on any atom is -0.352 e. The number of benzene rings is 1. The monoisotopic (exact) mass is 239 g/mol. The van der Waals surface area contributed by atoms with Gasteiger partial charge >= 0.3 is 0 Å². The largest absolute Gasteiger partial charge is 0.352 e. The first kappa shape index (κ1) is 11.5. The molecule has 1 N–H and O–H groups in total. The Labute approximate surface area is 99.6 Å². The Hall–Kier alpha value is -1.03. The van der Waals surface area contributed by atoms with Crippen LogP contribution in [0, 0.1) is 11.7 Å². The van der Waals surface area contributed by atoms with Crippen molar-refractivity contribution in [2.24, 2.45) is 5.92 Å². The highest BCUT2D eigenvalue weighted by Gasteiger charge is 2.19. The van der Waals surface area contributed by atoms with Crippen molar-refractivity contribution in [2.45, 2.75) is 24.2 Å². The van der Waals surface area contributed by atoms with Gasteiger partial charge in [-0.1, -0.05) is 6.42 Å². The summed E-state index contributed by atoms with van der Waals surface area (Å²) in [7, 11) is 0. The van der Waals surface area contributed by atoms with Crippen LogP contribution < -0.4 is 5.32 Å². The van der Waals surface area contributed by atoms with Crippen molar-refractivity contribution in [2.75, 3.05) is 6.54 Å². The predicted octanol–water partition coefficient (Wildman–Crippen LogP) is 2.64. The molecule has 1 fully saturated rings. The van der Waals surface area contributed by atoms with Crippen LogP contribution in [0.25, 0.3) is 0 Å². The Kier molecular flexibility index (Phi) is 3.49. The first-order valence-electron chi connectivity index (χ1n) is 5.43. The summed E-state index contributed by atoms with van der Waals surface area (Å²) >= 11 is 4.09. The minimum atomic E-state index is -0.496. The molecule has 86 valence electrons. The van der Waals surface area contributed by atoms with E-state index in [0.29, 0.717) is 17.4 Å². The molecule has 1 aliphatic rings. The van der Waals surface area contributed by atoms with Crippen LogP contribution in [0.4, 0.5) is 4.39 Å². The van der Waals surface area contributed by atoms with Gasteiger partial charge in [0.25, 0.3) is 5.91 Å². The summed E-state index contributed by atoms with van der Waals surface area (Å²) in [6.45, 7) is 0.648. The molecule has 1 aliphatic carbocycles. The highest BCUT2D eigenvalue weighted by atomic mass is 32.1. The highest BCUT2D eigenvalue weighted by Crippen LogP contribution is 2.25. The molecule has 1 aromatic rings. The minimum absolute atomic E-state index is 0.0758. The third kappa shape index (κ3) is 2.55. The topological polar surface area (TPSA) is 29.1 Å². The summed E-state index contributed by atoms with van der Waals surface area (Å²) in [6, 6.07) is 4.25. The fraction of sp³-hybridized carbons (Fsp3) is 0.417. The van der Waals surface area contributed by atoms with Crippen LogP contribution in [0.3, 0.4) is 0 Å². The summed E-state index contributed by atoms with van der Waals surface area (Å²) in [5.74, 6) is -0.268. The van der Waals surface area contributed by atoms with Crippen LogP contribution in [0.2, 0.25) is 0 Å². The number of amides is 1. The maximum absolute atomic E-state index is 13.3. The van der Waals surface area contributed by atoms with Crippen LogP contribution in [-0.4, -0.2) is 12.5 Å². The number of halogens is 1. The fourth-order valence-electron chi connectivity index (χ4n) is 1.72. The second-order valence-corrected chi connectivity index (χ2v) is 4.69. The van der Waals surface area contributed by atoms with Crippen LogP contribution in [0.5, 0.6) is 0 Å². The van der Waals surface area contributed by atoms with Gasteiger partial charge in [-0.3, -0.25) is 4.79 Å². The molecule has 0 aliphatic heterocycles. The van der Waals surface area contributed by atoms with Crippen LogP contribution in [0.15, 0.2) is 23.1 Å². The van der Waals surface area contributed by atoms with Crippen LogP contribution >= 0.6 is 12.6 Å². The van der Waals surface area contributed by atoms with Crippen molar-refractivity contribution >= 4 is 18.5 Å². The van der Waals surface area contributed by atoms with E-state index in [-0.39, 0.29) is 11.5 Å². The Morgan fingerprint density at radius 3 is 2.88 bits per heavy atom. The molecule has 1 aromatic carbocycles. The van der Waals surface area contributed by atoms with E-state index >= 15 is 0 Å². The molecule has 0 radical (unpaired) electrons. The Morgan fingerprint density at radius 1 is 1.50 bits per heavy atom. The van der Waals surface area contributed by atoms with Crippen molar-refractivity contribution in [1.29, 1.82) is 0 Å². The first-order valence-corrected chi connectivity index (χ1v) is 5.88. The molecule has 1 saturated carbocycles. The number of hydrogen-bond donors (Lipinski definition) is 2. The highest BCUT2D eigenvalue weighted by molar-refractivity contribution is 7.80. The van der Waals surface area contributed by atoms with Gasteiger partial charge in [-0.05, 0) is 37.0 Å². The molecule has 0 heterocycles. The zero-order valence-corrected chi connectivity index (χ0v) is 9.77. The van der Waals surface area contributed by atoms with E-state index < -0.39 is 5.82 Å². The maximum atomic E-state index is 13.3. The van der Waals surface area contributed by atoms with E-state index in [1.165, 1.54) is 24.6 Å². The molecule has 2 nitrogen and oxygen atoms in total. The molecular weight excluding hydrogens is 225 g/mol. The standard InChI is InChI=1S/C12H14FNOS/c13-11-5-4-9(16)6-10(11)12(15)14-7-8-2-1-3-8/h4-6,8,16H,1-3,7H2,(H,14,15). The summed E-state index contributed by atoms with van der Waals surface area (Å²) in [6.07, 6.45) is 3.56. The summed E-state index contributed by atoms with van der Waals surface area (Å²) in [5.41, 5.74) is 0.0758. The third-order valence-corrected chi connectivity index (χ3v) is 3.25. The molecule has 4 heteroatoms. The van der Waals surface area contributed by atoms with Gasteiger partial charge in [0, 0.05) is 11.4 Å². The molecule has 0 unspecified atom stereocenters. The van der Waals surface area contributed by atoms with Crippen molar-refractivity contribution < 1.29 is 9.18 Å². The molecule has 16 heavy (non-hydrogen) atoms. The van der Waals surface area contributed by atoms with E-state index in [1.54, 1.807) is 0 Å². The van der Waals surface area contributed by atoms with Gasteiger partial charge in [-0.25, -0.2) is 4.39 Å². The third-order valence-electron chi connectivity index (χ3n) is 2.97. The maximum Gasteiger partial charge on any atom is 0.254 e. The molecule has 0 spiro atoms. The van der Waals surface area contributed by atoms with E-state index in [9.17, 15) is 9.18 Å². The summed E-state index contributed by atoms with van der Waals surface area (Å²) in [4.78, 5) is 12.3. The van der Waals surface area contributed by atoms with E-state index in [1.807, 2.05) is 0 Å². The van der Waals surface area contributed by atoms with Crippen LogP contribution in [-0.2, 0) is 0 Å². The molecule has 0 aromatic heterocycles. The van der Waals surface area contributed by atoms with E-state index in [0.717, 1.165) is 12.8 Å². The molecule has 0 atom stereocenters. The van der Waals surface area contributed by atoms with E-state index in [2.05, 4.69) is 17.9 Å². The van der Waals surface area contributed by atoms with Crippen molar-refractivity contribution in [3.8, 4) is 0 Å². The Balaban J connectivity index is 1.99. The zero-order chi connectivity index (χ0) is 11.5. The smallest absolute Gasteiger partial charge is 0.254 e. The van der Waals surface area contributed by atoms with Gasteiger partial charge in [0.2, 0.25) is 0 Å². The zero-order valence-electron chi connectivity index (χ0n) is 8.87. The number of rotatable bonds is 3. The lowest BCUT2D eigenvalue weighted by Gasteiger charge is -2.25. The van der Waals surface area contributed by atoms with Crippen LogP contribution in [0.1, 0.15) is 29.6 Å². The van der Waals surface area contributed by atoms with Crippen molar-refractivity contribution in [3.63, 3.8) is 0 Å². The Bertz CT molecular complexity index is 404. The van der Waals surface area contributed by atoms with Gasteiger partial charge in [-0.2, -0.15) is 0 Å². The summed E-state index contributed by atoms with van der Waals surface area (Å²) < 4.78 is 13.3. The van der Waals surface area contributed by atoms with Gasteiger partial charge in [0.1, 0.15) is 5.82 Å². The number of thiol groups is 1. The van der Waals surface area contributed by atoms with Gasteiger partial charge in [0.05, 0.1) is 5.56 Å². The van der Waals surface area contributed by atoms with Crippen molar-refractivity contribution in [3.05, 3.63) is 29.6 Å². The molecule has 2 rings (SSSR count). The number of carbonyl (C=O) groups is 1.